The molecule has 0 radical (unpaired) electrons. The molecule has 294 valence electrons. The molecule has 9 rings (SSSR count). The number of aromatic amines is 1. The topological polar surface area (TPSA) is 186 Å². The van der Waals surface area contributed by atoms with Crippen LogP contribution in [0.2, 0.25) is 0 Å². The van der Waals surface area contributed by atoms with Crippen molar-refractivity contribution in [2.24, 2.45) is 11.8 Å². The summed E-state index contributed by atoms with van der Waals surface area (Å²) < 4.78 is 93.6. The Morgan fingerprint density at radius 2 is 1.14 bits per heavy atom. The highest BCUT2D eigenvalue weighted by atomic mass is 19.4. The van der Waals surface area contributed by atoms with Gasteiger partial charge in [0, 0.05) is 71.3 Å². The number of halogens is 6. The molecule has 0 aliphatic carbocycles. The molecule has 0 bridgehead atoms. The lowest BCUT2D eigenvalue weighted by molar-refractivity contribution is -0.192. The highest BCUT2D eigenvalue weighted by molar-refractivity contribution is 5.89. The lowest BCUT2D eigenvalue weighted by Crippen LogP contribution is -2.40. The van der Waals surface area contributed by atoms with E-state index in [4.69, 9.17) is 20.9 Å². The van der Waals surface area contributed by atoms with Crippen LogP contribution in [0.1, 0.15) is 23.0 Å². The molecule has 5 N–H and O–H groups in total. The Labute approximate surface area is 318 Å². The first-order valence-corrected chi connectivity index (χ1v) is 17.4. The number of rotatable bonds is 8. The van der Waals surface area contributed by atoms with Gasteiger partial charge < -0.3 is 25.9 Å². The monoisotopic (exact) mass is 790 g/mol. The van der Waals surface area contributed by atoms with Crippen molar-refractivity contribution in [1.82, 2.24) is 49.5 Å². The van der Waals surface area contributed by atoms with Crippen molar-refractivity contribution in [3.05, 3.63) is 103 Å². The average molecular weight is 791 g/mol. The zero-order chi connectivity index (χ0) is 39.9. The zero-order valence-electron chi connectivity index (χ0n) is 29.6. The number of hydrogen-bond acceptors (Lipinski definition) is 11. The fourth-order valence-corrected chi connectivity index (χ4v) is 6.79. The highest BCUT2D eigenvalue weighted by Crippen LogP contribution is 2.44. The molecule has 0 saturated carbocycles. The lowest BCUT2D eigenvalue weighted by atomic mass is 9.85. The average Bonchev–Trinajstić information content (AvgIpc) is 3.94. The number of ether oxygens (including phenoxy) is 2. The number of anilines is 2. The summed E-state index contributed by atoms with van der Waals surface area (Å²) in [7, 11) is 0. The van der Waals surface area contributed by atoms with Crippen LogP contribution in [0, 0.1) is 11.8 Å². The Bertz CT molecular complexity index is 2470. The van der Waals surface area contributed by atoms with Crippen molar-refractivity contribution in [1.29, 1.82) is 0 Å². The van der Waals surface area contributed by atoms with Crippen molar-refractivity contribution in [2.75, 3.05) is 37.9 Å². The minimum Gasteiger partial charge on any atom is -0.395 e. The lowest BCUT2D eigenvalue weighted by Gasteiger charge is -2.35. The molecule has 7 aromatic rings. The smallest absolute Gasteiger partial charge is 0.395 e. The van der Waals surface area contributed by atoms with Gasteiger partial charge in [-0.15, -0.1) is 0 Å². The van der Waals surface area contributed by atoms with Gasteiger partial charge >= 0.3 is 12.4 Å². The van der Waals surface area contributed by atoms with Crippen LogP contribution in [-0.4, -0.2) is 88.2 Å². The molecule has 7 aromatic heterocycles. The molecule has 2 aliphatic heterocycles. The molecule has 14 nitrogen and oxygen atoms in total. The van der Waals surface area contributed by atoms with Crippen LogP contribution in [-0.2, 0) is 9.47 Å². The van der Waals surface area contributed by atoms with Gasteiger partial charge in [-0.25, -0.2) is 34.3 Å². The molecular weight excluding hydrogens is 758 g/mol. The summed E-state index contributed by atoms with van der Waals surface area (Å²) in [6.45, 7) is 0.431. The van der Waals surface area contributed by atoms with E-state index in [1.54, 1.807) is 49.4 Å². The van der Waals surface area contributed by atoms with Crippen molar-refractivity contribution in [3.63, 3.8) is 0 Å². The minimum atomic E-state index is -4.35. The zero-order valence-corrected chi connectivity index (χ0v) is 29.6. The second-order valence-electron chi connectivity index (χ2n) is 13.5. The second-order valence-corrected chi connectivity index (χ2v) is 13.5. The maximum Gasteiger partial charge on any atom is 0.396 e. The van der Waals surface area contributed by atoms with Gasteiger partial charge in [0.15, 0.2) is 17.3 Å². The predicted molar refractivity (Wildman–Crippen MR) is 194 cm³/mol. The van der Waals surface area contributed by atoms with Crippen LogP contribution in [0.5, 0.6) is 0 Å². The van der Waals surface area contributed by atoms with E-state index in [-0.39, 0.29) is 43.4 Å². The number of nitrogens with two attached hydrogens (primary N) is 2. The molecule has 0 spiro atoms. The summed E-state index contributed by atoms with van der Waals surface area (Å²) in [6, 6.07) is 9.49. The fourth-order valence-electron chi connectivity index (χ4n) is 6.79. The fraction of sp³-hybridized carbons (Fsp3) is 0.270. The Kier molecular flexibility index (Phi) is 9.82. The van der Waals surface area contributed by atoms with E-state index in [1.807, 2.05) is 6.07 Å². The van der Waals surface area contributed by atoms with E-state index in [0.717, 1.165) is 16.6 Å². The molecule has 9 heterocycles. The van der Waals surface area contributed by atoms with Gasteiger partial charge in [-0.05, 0) is 35.4 Å². The number of H-pyrrole nitrogens is 1. The molecule has 2 fully saturated rings. The summed E-state index contributed by atoms with van der Waals surface area (Å²) in [5, 5.41) is 8.51. The van der Waals surface area contributed by atoms with Crippen molar-refractivity contribution < 1.29 is 35.8 Å². The Hall–Kier alpha value is -6.41. The molecular formula is C37H32F6N12O2. The third kappa shape index (κ3) is 7.60. The van der Waals surface area contributed by atoms with E-state index in [2.05, 4.69) is 40.1 Å². The van der Waals surface area contributed by atoms with E-state index in [9.17, 15) is 26.3 Å². The second kappa shape index (κ2) is 14.9. The Morgan fingerprint density at radius 1 is 0.632 bits per heavy atom. The number of nitrogens with zero attached hydrogens (tertiary/aromatic N) is 9. The number of nitrogens with one attached hydrogen (secondary N) is 1. The Morgan fingerprint density at radius 3 is 1.61 bits per heavy atom. The third-order valence-electron chi connectivity index (χ3n) is 9.84. The number of imidazole rings is 1. The van der Waals surface area contributed by atoms with E-state index in [0.29, 0.717) is 34.1 Å². The van der Waals surface area contributed by atoms with Crippen LogP contribution in [0.4, 0.5) is 37.8 Å². The number of alkyl halides is 6. The standard InChI is InChI=1S/C19H15F3N6O.C18H17F3N6O/c20-19(21,22)16(13-8-29-9-13)11-1-2-15(24-5-11)28-7-12(6-27-28)14-3-4-23-18-17(14)25-10-26-18;19-18(20,21)15(12-8-28-9-12)10-1-2-14(25-5-10)27-7-11(6-26-27)13-3-4-24-17(23)16(13)22/h1-7,10,13,16H,8-9H2,(H,23,25,26);1-7,12,15H,8-9,22H2,(H2,23,24). The van der Waals surface area contributed by atoms with Crippen molar-refractivity contribution in [2.45, 2.75) is 24.2 Å². The molecule has 57 heavy (non-hydrogen) atoms. The summed E-state index contributed by atoms with van der Waals surface area (Å²) in [5.74, 6) is -3.27. The van der Waals surface area contributed by atoms with E-state index < -0.39 is 36.0 Å². The summed E-state index contributed by atoms with van der Waals surface area (Å²) in [4.78, 5) is 23.7. The summed E-state index contributed by atoms with van der Waals surface area (Å²) >= 11 is 0. The van der Waals surface area contributed by atoms with E-state index >= 15 is 0 Å². The van der Waals surface area contributed by atoms with Gasteiger partial charge in [-0.1, -0.05) is 12.1 Å². The maximum absolute atomic E-state index is 13.5. The number of nitrogen functional groups attached to an aromatic ring is 2. The van der Waals surface area contributed by atoms with Gasteiger partial charge in [-0.2, -0.15) is 36.5 Å². The first-order chi connectivity index (χ1) is 27.3. The first kappa shape index (κ1) is 37.5. The quantitative estimate of drug-likeness (QED) is 0.147. The molecule has 0 aromatic carbocycles. The number of hydrogen-bond donors (Lipinski definition) is 3. The summed E-state index contributed by atoms with van der Waals surface area (Å²) in [6.07, 6.45) is 5.25. The van der Waals surface area contributed by atoms with Crippen LogP contribution in [0.15, 0.2) is 92.3 Å². The van der Waals surface area contributed by atoms with Crippen LogP contribution >= 0.6 is 0 Å². The van der Waals surface area contributed by atoms with Gasteiger partial charge in [0.05, 0.1) is 68.2 Å². The van der Waals surface area contributed by atoms with Gasteiger partial charge in [-0.3, -0.25) is 0 Å². The molecule has 2 saturated heterocycles. The molecule has 2 atom stereocenters. The Balaban J connectivity index is 0.000000160. The van der Waals surface area contributed by atoms with E-state index in [1.165, 1.54) is 46.2 Å². The molecule has 2 aliphatic rings. The van der Waals surface area contributed by atoms with Crippen molar-refractivity contribution in [3.8, 4) is 33.9 Å². The summed E-state index contributed by atoms with van der Waals surface area (Å²) in [5.41, 5.74) is 16.7. The SMILES string of the molecule is FC(F)(F)C(c1ccc(-n2cc(-c3ccnc4nc[nH]c34)cn2)nc1)C1COC1.Nc1nccc(-c2cnn(-c3ccc(C(C4COC4)C(F)(F)F)cn3)c2)c1N. The van der Waals surface area contributed by atoms with Gasteiger partial charge in [0.2, 0.25) is 0 Å². The molecule has 0 amide bonds. The molecule has 2 unspecified atom stereocenters. The van der Waals surface area contributed by atoms with Gasteiger partial charge in [0.25, 0.3) is 0 Å². The number of pyridine rings is 4. The maximum atomic E-state index is 13.5. The minimum absolute atomic E-state index is 0.102. The van der Waals surface area contributed by atoms with Gasteiger partial charge in [0.1, 0.15) is 5.82 Å². The molecule has 20 heteroatoms. The number of aromatic nitrogens is 10. The van der Waals surface area contributed by atoms with Crippen LogP contribution < -0.4 is 11.5 Å². The highest BCUT2D eigenvalue weighted by Gasteiger charge is 2.49. The normalized spacial score (nSPS) is 16.0. The van der Waals surface area contributed by atoms with Crippen LogP contribution in [0.25, 0.3) is 45.1 Å². The van der Waals surface area contributed by atoms with Crippen molar-refractivity contribution >= 4 is 22.7 Å². The van der Waals surface area contributed by atoms with Crippen LogP contribution in [0.3, 0.4) is 0 Å². The predicted octanol–water partition coefficient (Wildman–Crippen LogP) is 6.28. The first-order valence-electron chi connectivity index (χ1n) is 17.4. The number of fused-ring (bicyclic) bond motifs is 1. The largest absolute Gasteiger partial charge is 0.396 e. The third-order valence-corrected chi connectivity index (χ3v) is 9.84.